The van der Waals surface area contributed by atoms with Crippen molar-refractivity contribution in [2.24, 2.45) is 0 Å². The molecule has 0 amide bonds. The Bertz CT molecular complexity index is 805. The molecule has 0 saturated carbocycles. The van der Waals surface area contributed by atoms with Crippen LogP contribution in [0.2, 0.25) is 0 Å². The molecule has 2 heterocycles. The van der Waals surface area contributed by atoms with Gasteiger partial charge in [0.15, 0.2) is 0 Å². The number of rotatable bonds is 2. The molecule has 0 N–H and O–H groups in total. The van der Waals surface area contributed by atoms with Crippen LogP contribution in [0.4, 0.5) is 0 Å². The first-order chi connectivity index (χ1) is 9.56. The maximum absolute atomic E-state index is 11.2. The van der Waals surface area contributed by atoms with Crippen molar-refractivity contribution in [2.75, 3.05) is 0 Å². The van der Waals surface area contributed by atoms with Crippen LogP contribution in [0, 0.1) is 0 Å². The number of hydrogen-bond donors (Lipinski definition) is 0. The average molecular weight is 305 g/mol. The van der Waals surface area contributed by atoms with E-state index in [1.165, 1.54) is 0 Å². The maximum Gasteiger partial charge on any atom is 0.270 e. The first kappa shape index (κ1) is 13.0. The Morgan fingerprint density at radius 2 is 1.05 bits per heavy atom. The van der Waals surface area contributed by atoms with Crippen molar-refractivity contribution in [3.05, 3.63) is 47.8 Å². The summed E-state index contributed by atoms with van der Waals surface area (Å²) < 4.78 is 0. The summed E-state index contributed by atoms with van der Waals surface area (Å²) in [5, 5.41) is 0.304. The summed E-state index contributed by atoms with van der Waals surface area (Å²) in [6.45, 7) is 0. The highest BCUT2D eigenvalue weighted by atomic mass is 35.5. The fourth-order valence-corrected chi connectivity index (χ4v) is 2.20. The summed E-state index contributed by atoms with van der Waals surface area (Å²) in [6.07, 6.45) is 0. The number of halogens is 2. The molecule has 98 valence electrons. The van der Waals surface area contributed by atoms with Gasteiger partial charge in [0.05, 0.1) is 11.0 Å². The molecule has 0 radical (unpaired) electrons. The third kappa shape index (κ3) is 2.13. The van der Waals surface area contributed by atoms with Crippen LogP contribution in [0.25, 0.3) is 21.8 Å². The molecule has 20 heavy (non-hydrogen) atoms. The molecule has 0 bridgehead atoms. The SMILES string of the molecule is O=C(Cl)c1ccc2ccc3ccc(C(=O)Cl)nc3c2n1. The Labute approximate surface area is 123 Å². The molecule has 3 rings (SSSR count). The number of nitrogens with zero attached hydrogens (tertiary/aromatic N) is 2. The van der Waals surface area contributed by atoms with Crippen LogP contribution in [0.5, 0.6) is 0 Å². The van der Waals surface area contributed by atoms with Gasteiger partial charge in [-0.15, -0.1) is 0 Å². The van der Waals surface area contributed by atoms with Gasteiger partial charge in [0, 0.05) is 10.8 Å². The summed E-state index contributed by atoms with van der Waals surface area (Å²) in [7, 11) is 0. The summed E-state index contributed by atoms with van der Waals surface area (Å²) in [5.41, 5.74) is 1.29. The smallest absolute Gasteiger partial charge is 0.270 e. The lowest BCUT2D eigenvalue weighted by Crippen LogP contribution is -1.98. The fraction of sp³-hybridized carbons (Fsp3) is 0. The number of carbonyl (C=O) groups excluding carboxylic acids is 2. The molecule has 0 aliphatic heterocycles. The zero-order valence-electron chi connectivity index (χ0n) is 9.93. The topological polar surface area (TPSA) is 59.9 Å². The van der Waals surface area contributed by atoms with Crippen LogP contribution in [-0.2, 0) is 0 Å². The third-order valence-corrected chi connectivity index (χ3v) is 3.31. The molecule has 0 spiro atoms. The number of pyridine rings is 2. The van der Waals surface area contributed by atoms with Gasteiger partial charge in [0.1, 0.15) is 11.4 Å². The minimum Gasteiger partial charge on any atom is -0.274 e. The van der Waals surface area contributed by atoms with E-state index in [2.05, 4.69) is 9.97 Å². The van der Waals surface area contributed by atoms with Crippen molar-refractivity contribution in [3.8, 4) is 0 Å². The first-order valence-electron chi connectivity index (χ1n) is 5.66. The maximum atomic E-state index is 11.2. The second kappa shape index (κ2) is 4.81. The molecule has 0 aliphatic rings. The number of aromatic nitrogens is 2. The molecule has 0 unspecified atom stereocenters. The number of hydrogen-bond acceptors (Lipinski definition) is 4. The predicted molar refractivity (Wildman–Crippen MR) is 77.4 cm³/mol. The van der Waals surface area contributed by atoms with Gasteiger partial charge in [0.2, 0.25) is 0 Å². The lowest BCUT2D eigenvalue weighted by molar-refractivity contribution is 0.106. The van der Waals surface area contributed by atoms with Crippen molar-refractivity contribution >= 4 is 55.5 Å². The largest absolute Gasteiger partial charge is 0.274 e. The van der Waals surface area contributed by atoms with E-state index >= 15 is 0 Å². The van der Waals surface area contributed by atoms with E-state index in [1.807, 2.05) is 12.1 Å². The normalized spacial score (nSPS) is 10.9. The fourth-order valence-electron chi connectivity index (χ4n) is 1.99. The second-order valence-corrected chi connectivity index (χ2v) is 4.84. The summed E-state index contributed by atoms with van der Waals surface area (Å²) in [6, 6.07) is 10.3. The minimum absolute atomic E-state index is 0.135. The standard InChI is InChI=1S/C14H6Cl2N2O2/c15-13(19)9-5-3-7-1-2-8-4-6-10(14(16)20)18-12(8)11(7)17-9/h1-6H. The van der Waals surface area contributed by atoms with Crippen LogP contribution >= 0.6 is 23.2 Å². The molecule has 0 aliphatic carbocycles. The summed E-state index contributed by atoms with van der Waals surface area (Å²) in [5.74, 6) is 0. The van der Waals surface area contributed by atoms with Crippen molar-refractivity contribution < 1.29 is 9.59 Å². The highest BCUT2D eigenvalue weighted by molar-refractivity contribution is 6.67. The van der Waals surface area contributed by atoms with E-state index in [9.17, 15) is 9.59 Å². The molecular formula is C14H6Cl2N2O2. The molecule has 1 aromatic carbocycles. The van der Waals surface area contributed by atoms with Crippen LogP contribution in [0.15, 0.2) is 36.4 Å². The molecule has 0 saturated heterocycles. The van der Waals surface area contributed by atoms with Crippen molar-refractivity contribution in [3.63, 3.8) is 0 Å². The monoisotopic (exact) mass is 304 g/mol. The van der Waals surface area contributed by atoms with Crippen LogP contribution in [0.3, 0.4) is 0 Å². The van der Waals surface area contributed by atoms with Crippen LogP contribution in [-0.4, -0.2) is 20.5 Å². The van der Waals surface area contributed by atoms with Gasteiger partial charge in [-0.25, -0.2) is 9.97 Å². The van der Waals surface area contributed by atoms with E-state index < -0.39 is 10.5 Å². The quantitative estimate of drug-likeness (QED) is 0.536. The van der Waals surface area contributed by atoms with Gasteiger partial charge >= 0.3 is 0 Å². The van der Waals surface area contributed by atoms with Crippen molar-refractivity contribution in [2.45, 2.75) is 0 Å². The van der Waals surface area contributed by atoms with Gasteiger partial charge in [0.25, 0.3) is 10.5 Å². The highest BCUT2D eigenvalue weighted by Crippen LogP contribution is 2.23. The first-order valence-corrected chi connectivity index (χ1v) is 6.42. The van der Waals surface area contributed by atoms with Crippen LogP contribution < -0.4 is 0 Å². The third-order valence-electron chi connectivity index (χ3n) is 2.92. The van der Waals surface area contributed by atoms with Gasteiger partial charge in [-0.1, -0.05) is 24.3 Å². The Balaban J connectivity index is 2.41. The van der Waals surface area contributed by atoms with Gasteiger partial charge in [-0.05, 0) is 35.3 Å². The molecule has 2 aromatic heterocycles. The average Bonchev–Trinajstić information content (AvgIpc) is 2.45. The van der Waals surface area contributed by atoms with E-state index in [4.69, 9.17) is 23.2 Å². The molecule has 0 atom stereocenters. The zero-order valence-corrected chi connectivity index (χ0v) is 11.4. The number of carbonyl (C=O) groups is 2. The van der Waals surface area contributed by atoms with Gasteiger partial charge < -0.3 is 0 Å². The van der Waals surface area contributed by atoms with E-state index in [0.717, 1.165) is 10.8 Å². The van der Waals surface area contributed by atoms with Gasteiger partial charge in [-0.3, -0.25) is 9.59 Å². The number of benzene rings is 1. The highest BCUT2D eigenvalue weighted by Gasteiger charge is 2.10. The second-order valence-electron chi connectivity index (χ2n) is 4.15. The Hall–Kier alpha value is -2.04. The molecular weight excluding hydrogens is 299 g/mol. The molecule has 0 fully saturated rings. The Morgan fingerprint density at radius 1 is 0.700 bits per heavy atom. The lowest BCUT2D eigenvalue weighted by atomic mass is 10.1. The minimum atomic E-state index is -0.645. The van der Waals surface area contributed by atoms with Crippen molar-refractivity contribution in [1.29, 1.82) is 0 Å². The van der Waals surface area contributed by atoms with E-state index in [1.54, 1.807) is 24.3 Å². The van der Waals surface area contributed by atoms with E-state index in [-0.39, 0.29) is 11.4 Å². The van der Waals surface area contributed by atoms with Crippen LogP contribution in [0.1, 0.15) is 21.0 Å². The Kier molecular flexibility index (Phi) is 3.12. The predicted octanol–water partition coefficient (Wildman–Crippen LogP) is 3.54. The van der Waals surface area contributed by atoms with Gasteiger partial charge in [-0.2, -0.15) is 0 Å². The number of fused-ring (bicyclic) bond motifs is 3. The molecule has 4 nitrogen and oxygen atoms in total. The molecule has 3 aromatic rings. The molecule has 6 heteroatoms. The van der Waals surface area contributed by atoms with Crippen molar-refractivity contribution in [1.82, 2.24) is 9.97 Å². The van der Waals surface area contributed by atoms with E-state index in [0.29, 0.717) is 11.0 Å². The summed E-state index contributed by atoms with van der Waals surface area (Å²) >= 11 is 10.9. The lowest BCUT2D eigenvalue weighted by Gasteiger charge is -2.04. The summed E-state index contributed by atoms with van der Waals surface area (Å²) in [4.78, 5) is 30.8. The Morgan fingerprint density at radius 3 is 1.40 bits per heavy atom. The zero-order chi connectivity index (χ0) is 14.3.